The topological polar surface area (TPSA) is 83.7 Å². The van der Waals surface area contributed by atoms with Crippen molar-refractivity contribution in [1.29, 1.82) is 0 Å². The molecule has 1 saturated heterocycles. The fourth-order valence-electron chi connectivity index (χ4n) is 1.84. The molecule has 1 aliphatic rings. The van der Waals surface area contributed by atoms with Crippen molar-refractivity contribution in [2.45, 2.75) is 5.37 Å². The molecule has 0 radical (unpaired) electrons. The minimum absolute atomic E-state index is 0.0163. The summed E-state index contributed by atoms with van der Waals surface area (Å²) in [6, 6.07) is 6.16. The lowest BCUT2D eigenvalue weighted by Gasteiger charge is -2.23. The molecule has 96 valence electrons. The Bertz CT molecular complexity index is 463. The lowest BCUT2D eigenvalue weighted by Crippen LogP contribution is -2.30. The molecule has 1 amide bonds. The number of aliphatic hydroxyl groups is 1. The minimum Gasteiger partial charge on any atom is -0.395 e. The zero-order valence-corrected chi connectivity index (χ0v) is 10.3. The van der Waals surface area contributed by atoms with Crippen molar-refractivity contribution >= 4 is 23.4 Å². The first kappa shape index (κ1) is 12.8. The lowest BCUT2D eigenvalue weighted by molar-refractivity contribution is -0.384. The first-order valence-corrected chi connectivity index (χ1v) is 6.44. The molecule has 1 aromatic rings. The third kappa shape index (κ3) is 2.46. The number of nitro benzene ring substituents is 1. The molecule has 0 bridgehead atoms. The van der Waals surface area contributed by atoms with Crippen molar-refractivity contribution in [3.8, 4) is 0 Å². The van der Waals surface area contributed by atoms with E-state index in [-0.39, 0.29) is 30.1 Å². The second-order valence-electron chi connectivity index (χ2n) is 3.82. The molecule has 1 fully saturated rings. The molecule has 1 aliphatic heterocycles. The molecule has 0 aliphatic carbocycles. The van der Waals surface area contributed by atoms with Crippen molar-refractivity contribution in [2.75, 3.05) is 18.9 Å². The van der Waals surface area contributed by atoms with Gasteiger partial charge in [0.05, 0.1) is 17.3 Å². The van der Waals surface area contributed by atoms with Gasteiger partial charge in [-0.15, -0.1) is 11.8 Å². The molecule has 7 heteroatoms. The summed E-state index contributed by atoms with van der Waals surface area (Å²) in [5.41, 5.74) is 0.867. The number of non-ortho nitro benzene ring substituents is 1. The van der Waals surface area contributed by atoms with Gasteiger partial charge in [-0.2, -0.15) is 0 Å². The highest BCUT2D eigenvalue weighted by atomic mass is 32.2. The maximum absolute atomic E-state index is 11.6. The fourth-order valence-corrected chi connectivity index (χ4v) is 3.06. The largest absolute Gasteiger partial charge is 0.395 e. The Morgan fingerprint density at radius 2 is 2.11 bits per heavy atom. The average molecular weight is 268 g/mol. The summed E-state index contributed by atoms with van der Waals surface area (Å²) >= 11 is 1.46. The van der Waals surface area contributed by atoms with Gasteiger partial charge < -0.3 is 10.0 Å². The van der Waals surface area contributed by atoms with E-state index in [2.05, 4.69) is 0 Å². The molecule has 2 rings (SSSR count). The van der Waals surface area contributed by atoms with Gasteiger partial charge in [-0.1, -0.05) is 0 Å². The molecule has 1 heterocycles. The second kappa shape index (κ2) is 5.36. The highest BCUT2D eigenvalue weighted by Crippen LogP contribution is 2.38. The first-order valence-electron chi connectivity index (χ1n) is 5.40. The molecule has 1 N–H and O–H groups in total. The van der Waals surface area contributed by atoms with Crippen molar-refractivity contribution in [1.82, 2.24) is 4.90 Å². The standard InChI is InChI=1S/C11H12N2O4S/c14-6-5-12-10(15)7-18-11(12)8-1-3-9(4-2-8)13(16)17/h1-4,11,14H,5-7H2/t11-/m0/s1. The molecular formula is C11H12N2O4S. The van der Waals surface area contributed by atoms with Crippen LogP contribution in [0.25, 0.3) is 0 Å². The van der Waals surface area contributed by atoms with Crippen molar-refractivity contribution in [2.24, 2.45) is 0 Å². The molecule has 18 heavy (non-hydrogen) atoms. The number of carbonyl (C=O) groups excluding carboxylic acids is 1. The molecule has 0 spiro atoms. The molecule has 0 aromatic heterocycles. The van der Waals surface area contributed by atoms with E-state index in [9.17, 15) is 14.9 Å². The number of benzene rings is 1. The molecule has 1 aromatic carbocycles. The van der Waals surface area contributed by atoms with Crippen LogP contribution in [-0.2, 0) is 4.79 Å². The van der Waals surface area contributed by atoms with E-state index in [0.29, 0.717) is 5.75 Å². The van der Waals surface area contributed by atoms with Gasteiger partial charge in [0.1, 0.15) is 5.37 Å². The highest BCUT2D eigenvalue weighted by molar-refractivity contribution is 8.00. The SMILES string of the molecule is O=C1CS[C@@H](c2ccc([N+](=O)[O-])cc2)N1CCO. The van der Waals surface area contributed by atoms with Gasteiger partial charge in [0.25, 0.3) is 5.69 Å². The van der Waals surface area contributed by atoms with Gasteiger partial charge in [-0.25, -0.2) is 0 Å². The quantitative estimate of drug-likeness (QED) is 0.654. The number of aliphatic hydroxyl groups excluding tert-OH is 1. The summed E-state index contributed by atoms with van der Waals surface area (Å²) in [4.78, 5) is 23.3. The van der Waals surface area contributed by atoms with Gasteiger partial charge in [-0.05, 0) is 17.7 Å². The number of nitro groups is 1. The third-order valence-corrected chi connectivity index (χ3v) is 3.95. The van der Waals surface area contributed by atoms with E-state index in [1.54, 1.807) is 17.0 Å². The van der Waals surface area contributed by atoms with Gasteiger partial charge in [0.2, 0.25) is 5.91 Å². The summed E-state index contributed by atoms with van der Waals surface area (Å²) < 4.78 is 0. The Morgan fingerprint density at radius 1 is 1.44 bits per heavy atom. The molecule has 1 atom stereocenters. The van der Waals surface area contributed by atoms with Gasteiger partial charge >= 0.3 is 0 Å². The third-order valence-electron chi connectivity index (χ3n) is 2.70. The van der Waals surface area contributed by atoms with Crippen LogP contribution in [0.15, 0.2) is 24.3 Å². The maximum Gasteiger partial charge on any atom is 0.269 e. The van der Waals surface area contributed by atoms with Crippen LogP contribution in [0.3, 0.4) is 0 Å². The van der Waals surface area contributed by atoms with Gasteiger partial charge in [0.15, 0.2) is 0 Å². The maximum atomic E-state index is 11.6. The zero-order chi connectivity index (χ0) is 13.1. The number of rotatable bonds is 4. The molecule has 0 saturated carbocycles. The van der Waals surface area contributed by atoms with E-state index in [0.717, 1.165) is 5.56 Å². The predicted molar refractivity (Wildman–Crippen MR) is 67.1 cm³/mol. The Kier molecular flexibility index (Phi) is 3.83. The van der Waals surface area contributed by atoms with Crippen LogP contribution in [0.1, 0.15) is 10.9 Å². The van der Waals surface area contributed by atoms with Crippen LogP contribution in [-0.4, -0.2) is 39.7 Å². The van der Waals surface area contributed by atoms with E-state index in [1.807, 2.05) is 0 Å². The van der Waals surface area contributed by atoms with E-state index < -0.39 is 4.92 Å². The van der Waals surface area contributed by atoms with Crippen LogP contribution in [0, 0.1) is 10.1 Å². The number of hydrogen-bond donors (Lipinski definition) is 1. The fraction of sp³-hybridized carbons (Fsp3) is 0.364. The predicted octanol–water partition coefficient (Wildman–Crippen LogP) is 1.16. The van der Waals surface area contributed by atoms with E-state index in [1.165, 1.54) is 23.9 Å². The summed E-state index contributed by atoms with van der Waals surface area (Å²) in [6.07, 6.45) is 0. The van der Waals surface area contributed by atoms with E-state index >= 15 is 0 Å². The Labute approximate surface area is 108 Å². The summed E-state index contributed by atoms with van der Waals surface area (Å²) in [6.45, 7) is 0.198. The lowest BCUT2D eigenvalue weighted by atomic mass is 10.2. The van der Waals surface area contributed by atoms with Crippen LogP contribution in [0.2, 0.25) is 0 Å². The highest BCUT2D eigenvalue weighted by Gasteiger charge is 2.32. The summed E-state index contributed by atoms with van der Waals surface area (Å²) in [7, 11) is 0. The second-order valence-corrected chi connectivity index (χ2v) is 4.89. The van der Waals surface area contributed by atoms with Gasteiger partial charge in [-0.3, -0.25) is 14.9 Å². The Morgan fingerprint density at radius 3 is 2.67 bits per heavy atom. The number of amides is 1. The van der Waals surface area contributed by atoms with Crippen LogP contribution < -0.4 is 0 Å². The van der Waals surface area contributed by atoms with Crippen LogP contribution >= 0.6 is 11.8 Å². The van der Waals surface area contributed by atoms with E-state index in [4.69, 9.17) is 5.11 Å². The number of β-amino-alcohol motifs (C(OH)–C–C–N with tert-alkyl or cyclic N) is 1. The Hall–Kier alpha value is -1.60. The molecule has 0 unspecified atom stereocenters. The first-order chi connectivity index (χ1) is 8.63. The monoisotopic (exact) mass is 268 g/mol. The van der Waals surface area contributed by atoms with Crippen molar-refractivity contribution in [3.63, 3.8) is 0 Å². The summed E-state index contributed by atoms with van der Waals surface area (Å²) in [5, 5.41) is 19.3. The number of hydrogen-bond acceptors (Lipinski definition) is 5. The summed E-state index contributed by atoms with van der Waals surface area (Å²) in [5.74, 6) is 0.360. The smallest absolute Gasteiger partial charge is 0.269 e. The van der Waals surface area contributed by atoms with Crippen LogP contribution in [0.5, 0.6) is 0 Å². The van der Waals surface area contributed by atoms with Crippen molar-refractivity contribution in [3.05, 3.63) is 39.9 Å². The zero-order valence-electron chi connectivity index (χ0n) is 9.48. The molecule has 6 nitrogen and oxygen atoms in total. The minimum atomic E-state index is -0.456. The van der Waals surface area contributed by atoms with Crippen LogP contribution in [0.4, 0.5) is 5.69 Å². The normalized spacial score (nSPS) is 19.3. The van der Waals surface area contributed by atoms with Crippen molar-refractivity contribution < 1.29 is 14.8 Å². The average Bonchev–Trinajstić information content (AvgIpc) is 2.72. The molecular weight excluding hydrogens is 256 g/mol. The number of nitrogens with zero attached hydrogens (tertiary/aromatic N) is 2. The Balaban J connectivity index is 2.20. The van der Waals surface area contributed by atoms with Gasteiger partial charge in [0, 0.05) is 18.7 Å². The number of carbonyl (C=O) groups is 1. The number of thioether (sulfide) groups is 1.